The van der Waals surface area contributed by atoms with Gasteiger partial charge >= 0.3 is 5.97 Å². The molecule has 0 spiro atoms. The minimum atomic E-state index is -1.05. The molecule has 0 saturated carbocycles. The fraction of sp³-hybridized carbons (Fsp3) is 0.100. The molecule has 5 nitrogen and oxygen atoms in total. The van der Waals surface area contributed by atoms with E-state index in [-0.39, 0.29) is 5.69 Å². The van der Waals surface area contributed by atoms with E-state index in [1.807, 2.05) is 0 Å². The third kappa shape index (κ3) is 2.54. The molecule has 82 valence electrons. The van der Waals surface area contributed by atoms with Crippen LogP contribution in [0, 0.1) is 0 Å². The van der Waals surface area contributed by atoms with Crippen molar-refractivity contribution in [3.63, 3.8) is 0 Å². The Morgan fingerprint density at radius 3 is 2.88 bits per heavy atom. The zero-order valence-corrected chi connectivity index (χ0v) is 8.98. The van der Waals surface area contributed by atoms with Crippen LogP contribution in [0.3, 0.4) is 0 Å². The van der Waals surface area contributed by atoms with E-state index in [4.69, 9.17) is 9.84 Å². The van der Waals surface area contributed by atoms with Crippen molar-refractivity contribution in [1.82, 2.24) is 9.97 Å². The van der Waals surface area contributed by atoms with Crippen LogP contribution in [0.5, 0.6) is 5.75 Å². The summed E-state index contributed by atoms with van der Waals surface area (Å²) in [6.45, 7) is 0.415. The first kappa shape index (κ1) is 10.6. The average molecular weight is 236 g/mol. The van der Waals surface area contributed by atoms with Gasteiger partial charge in [0.25, 0.3) is 0 Å². The molecule has 0 bridgehead atoms. The van der Waals surface area contributed by atoms with Gasteiger partial charge in [-0.1, -0.05) is 0 Å². The summed E-state index contributed by atoms with van der Waals surface area (Å²) in [7, 11) is 0. The number of carbonyl (C=O) groups is 1. The Morgan fingerprint density at radius 1 is 1.44 bits per heavy atom. The number of aromatic nitrogens is 2. The molecule has 1 N–H and O–H groups in total. The molecule has 0 radical (unpaired) electrons. The third-order valence-corrected chi connectivity index (χ3v) is 2.57. The minimum Gasteiger partial charge on any atom is -0.486 e. The molecule has 16 heavy (non-hydrogen) atoms. The largest absolute Gasteiger partial charge is 0.486 e. The van der Waals surface area contributed by atoms with Gasteiger partial charge in [-0.3, -0.25) is 4.98 Å². The molecule has 6 heteroatoms. The Balaban J connectivity index is 1.98. The summed E-state index contributed by atoms with van der Waals surface area (Å²) in [6, 6.07) is 2.99. The number of thiazole rings is 1. The predicted molar refractivity (Wildman–Crippen MR) is 57.6 cm³/mol. The predicted octanol–water partition coefficient (Wildman–Crippen LogP) is 1.82. The fourth-order valence-electron chi connectivity index (χ4n) is 1.06. The van der Waals surface area contributed by atoms with Crippen LogP contribution in [-0.2, 0) is 6.61 Å². The van der Waals surface area contributed by atoms with E-state index in [2.05, 4.69) is 9.97 Å². The van der Waals surface area contributed by atoms with Gasteiger partial charge in [-0.05, 0) is 12.1 Å². The van der Waals surface area contributed by atoms with E-state index in [1.165, 1.54) is 23.6 Å². The van der Waals surface area contributed by atoms with Gasteiger partial charge in [-0.25, -0.2) is 9.78 Å². The van der Waals surface area contributed by atoms with Crippen LogP contribution in [0.25, 0.3) is 0 Å². The summed E-state index contributed by atoms with van der Waals surface area (Å²) < 4.78 is 5.40. The Bertz CT molecular complexity index is 467. The maximum absolute atomic E-state index is 10.5. The first-order valence-electron chi connectivity index (χ1n) is 4.45. The normalized spacial score (nSPS) is 10.0. The number of rotatable bonds is 4. The summed E-state index contributed by atoms with van der Waals surface area (Å²) in [4.78, 5) is 19.2. The van der Waals surface area contributed by atoms with E-state index in [0.29, 0.717) is 12.4 Å². The average Bonchev–Trinajstić information content (AvgIpc) is 2.80. The Hall–Kier alpha value is -1.95. The second kappa shape index (κ2) is 4.71. The molecule has 2 aromatic heterocycles. The van der Waals surface area contributed by atoms with Gasteiger partial charge in [0.15, 0.2) is 0 Å². The van der Waals surface area contributed by atoms with Crippen molar-refractivity contribution in [3.05, 3.63) is 40.6 Å². The lowest BCUT2D eigenvalue weighted by molar-refractivity contribution is 0.0690. The molecule has 0 fully saturated rings. The maximum atomic E-state index is 10.5. The highest BCUT2D eigenvalue weighted by molar-refractivity contribution is 7.09. The number of nitrogens with zero attached hydrogens (tertiary/aromatic N) is 2. The Labute approximate surface area is 95.4 Å². The maximum Gasteiger partial charge on any atom is 0.354 e. The molecule has 0 aliphatic carbocycles. The van der Waals surface area contributed by atoms with Crippen LogP contribution in [0.2, 0.25) is 0 Å². The van der Waals surface area contributed by atoms with Gasteiger partial charge in [-0.2, -0.15) is 0 Å². The van der Waals surface area contributed by atoms with Crippen LogP contribution in [0.4, 0.5) is 0 Å². The first-order valence-corrected chi connectivity index (χ1v) is 5.33. The zero-order chi connectivity index (χ0) is 11.4. The highest BCUT2D eigenvalue weighted by Gasteiger charge is 2.04. The summed E-state index contributed by atoms with van der Waals surface area (Å²) in [5.41, 5.74) is 1.73. The number of carboxylic acids is 1. The van der Waals surface area contributed by atoms with Gasteiger partial charge in [0.05, 0.1) is 16.6 Å². The molecular weight excluding hydrogens is 228 g/mol. The lowest BCUT2D eigenvalue weighted by Gasteiger charge is -2.03. The quantitative estimate of drug-likeness (QED) is 0.876. The third-order valence-electron chi connectivity index (χ3n) is 1.82. The summed E-state index contributed by atoms with van der Waals surface area (Å²) in [6.07, 6.45) is 3.12. The van der Waals surface area contributed by atoms with E-state index >= 15 is 0 Å². The highest BCUT2D eigenvalue weighted by atomic mass is 32.1. The lowest BCUT2D eigenvalue weighted by Crippen LogP contribution is -2.00. The van der Waals surface area contributed by atoms with Crippen molar-refractivity contribution in [2.75, 3.05) is 0 Å². The summed E-state index contributed by atoms with van der Waals surface area (Å²) in [5, 5.41) is 8.65. The molecule has 0 aromatic carbocycles. The minimum absolute atomic E-state index is 0.00476. The van der Waals surface area contributed by atoms with E-state index in [0.717, 1.165) is 4.88 Å². The van der Waals surface area contributed by atoms with Gasteiger partial charge < -0.3 is 9.84 Å². The Kier molecular flexibility index (Phi) is 3.11. The first-order chi connectivity index (χ1) is 7.75. The van der Waals surface area contributed by atoms with Crippen molar-refractivity contribution in [1.29, 1.82) is 0 Å². The van der Waals surface area contributed by atoms with Gasteiger partial charge in [0, 0.05) is 6.20 Å². The lowest BCUT2D eigenvalue weighted by atomic mass is 10.3. The van der Waals surface area contributed by atoms with Crippen molar-refractivity contribution in [2.45, 2.75) is 6.61 Å². The molecule has 2 rings (SSSR count). The number of hydrogen-bond donors (Lipinski definition) is 1. The van der Waals surface area contributed by atoms with Crippen molar-refractivity contribution >= 4 is 17.3 Å². The molecule has 2 aromatic rings. The SMILES string of the molecule is O=C(O)c1ccc(OCc2cncs2)cn1. The van der Waals surface area contributed by atoms with Crippen molar-refractivity contribution < 1.29 is 14.6 Å². The van der Waals surface area contributed by atoms with Gasteiger partial charge in [0.2, 0.25) is 0 Å². The number of aromatic carboxylic acids is 1. The molecule has 0 aliphatic heterocycles. The molecule has 0 atom stereocenters. The monoisotopic (exact) mass is 236 g/mol. The molecule has 0 saturated heterocycles. The van der Waals surface area contributed by atoms with Crippen molar-refractivity contribution in [2.24, 2.45) is 0 Å². The van der Waals surface area contributed by atoms with E-state index in [1.54, 1.807) is 17.8 Å². The van der Waals surface area contributed by atoms with Gasteiger partial charge in [-0.15, -0.1) is 11.3 Å². The molecule has 0 unspecified atom stereocenters. The second-order valence-corrected chi connectivity index (χ2v) is 3.91. The zero-order valence-electron chi connectivity index (χ0n) is 8.16. The highest BCUT2D eigenvalue weighted by Crippen LogP contribution is 2.13. The van der Waals surface area contributed by atoms with Crippen LogP contribution in [-0.4, -0.2) is 21.0 Å². The van der Waals surface area contributed by atoms with Crippen LogP contribution in [0.15, 0.2) is 30.0 Å². The number of pyridine rings is 1. The van der Waals surface area contributed by atoms with Crippen LogP contribution in [0.1, 0.15) is 15.4 Å². The number of carboxylic acid groups (broad SMARTS) is 1. The fourth-order valence-corrected chi connectivity index (χ4v) is 1.57. The van der Waals surface area contributed by atoms with Crippen molar-refractivity contribution in [3.8, 4) is 5.75 Å². The van der Waals surface area contributed by atoms with E-state index < -0.39 is 5.97 Å². The number of hydrogen-bond acceptors (Lipinski definition) is 5. The molecular formula is C10H8N2O3S. The molecule has 0 amide bonds. The van der Waals surface area contributed by atoms with Crippen LogP contribution < -0.4 is 4.74 Å². The Morgan fingerprint density at radius 2 is 2.31 bits per heavy atom. The van der Waals surface area contributed by atoms with Crippen LogP contribution >= 0.6 is 11.3 Å². The second-order valence-electron chi connectivity index (χ2n) is 2.94. The molecule has 0 aliphatic rings. The number of ether oxygens (including phenoxy) is 1. The summed E-state index contributed by atoms with van der Waals surface area (Å²) in [5.74, 6) is -0.507. The smallest absolute Gasteiger partial charge is 0.354 e. The summed E-state index contributed by atoms with van der Waals surface area (Å²) >= 11 is 1.50. The standard InChI is InChI=1S/C10H8N2O3S/c13-10(14)9-2-1-7(3-12-9)15-5-8-4-11-6-16-8/h1-4,6H,5H2,(H,13,14). The van der Waals surface area contributed by atoms with Gasteiger partial charge in [0.1, 0.15) is 18.1 Å². The topological polar surface area (TPSA) is 72.3 Å². The van der Waals surface area contributed by atoms with E-state index in [9.17, 15) is 4.79 Å². The molecule has 2 heterocycles.